The number of halogens is 6. The van der Waals surface area contributed by atoms with Crippen LogP contribution in [0.4, 0.5) is 32.0 Å². The second-order valence-corrected chi connectivity index (χ2v) is 9.35. The third kappa shape index (κ3) is 10.8. The molecule has 2 aromatic carbocycles. The zero-order chi connectivity index (χ0) is 33.2. The van der Waals surface area contributed by atoms with E-state index in [9.17, 15) is 31.1 Å². The second-order valence-electron chi connectivity index (χ2n) is 9.35. The number of carboxylic acids is 2. The fourth-order valence-corrected chi connectivity index (χ4v) is 3.93. The molecule has 5 rings (SSSR count). The number of fused-ring (bicyclic) bond motifs is 1. The zero-order valence-electron chi connectivity index (χ0n) is 23.0. The molecule has 1 atom stereocenters. The molecule has 0 bridgehead atoms. The third-order valence-electron chi connectivity index (χ3n) is 5.98. The van der Waals surface area contributed by atoms with E-state index in [-0.39, 0.29) is 12.0 Å². The van der Waals surface area contributed by atoms with Crippen molar-refractivity contribution in [1.29, 1.82) is 0 Å². The van der Waals surface area contributed by atoms with Crippen LogP contribution >= 0.6 is 0 Å². The number of aromatic nitrogens is 3. The van der Waals surface area contributed by atoms with Gasteiger partial charge >= 0.3 is 24.3 Å². The van der Waals surface area contributed by atoms with Gasteiger partial charge in [0.1, 0.15) is 11.9 Å². The highest BCUT2D eigenvalue weighted by molar-refractivity contribution is 6.06. The molecule has 0 spiro atoms. The SMILES string of the molecule is O=C(Nc1ccc2[nH]ncc2c1)c1cnccc1O[C@@H]1CCN(Cc2ccccc2)C1.O=C(O)C(F)(F)F.O=C(O)C(F)(F)F. The van der Waals surface area contributed by atoms with E-state index in [1.807, 2.05) is 24.3 Å². The van der Waals surface area contributed by atoms with E-state index in [0.29, 0.717) is 17.0 Å². The number of nitrogens with one attached hydrogen (secondary N) is 2. The Morgan fingerprint density at radius 3 is 2.22 bits per heavy atom. The first-order valence-electron chi connectivity index (χ1n) is 12.8. The van der Waals surface area contributed by atoms with E-state index >= 15 is 0 Å². The highest BCUT2D eigenvalue weighted by Gasteiger charge is 2.38. The molecule has 1 saturated heterocycles. The summed E-state index contributed by atoms with van der Waals surface area (Å²) in [7, 11) is 0. The molecule has 4 aromatic rings. The minimum atomic E-state index is -5.08. The third-order valence-corrected chi connectivity index (χ3v) is 5.98. The highest BCUT2D eigenvalue weighted by Crippen LogP contribution is 2.25. The number of benzene rings is 2. The number of ether oxygens (including phenoxy) is 1. The Hall–Kier alpha value is -5.19. The average molecular weight is 642 g/mol. The summed E-state index contributed by atoms with van der Waals surface area (Å²) in [6.45, 7) is 2.70. The first-order valence-corrected chi connectivity index (χ1v) is 12.8. The van der Waals surface area contributed by atoms with Crippen LogP contribution in [0.25, 0.3) is 10.9 Å². The molecular formula is C28H25F6N5O6. The summed E-state index contributed by atoms with van der Waals surface area (Å²) in [5, 5.41) is 25.0. The minimum absolute atomic E-state index is 0.0416. The van der Waals surface area contributed by atoms with Crippen LogP contribution in [0, 0.1) is 0 Å². The zero-order valence-corrected chi connectivity index (χ0v) is 23.0. The van der Waals surface area contributed by atoms with Crippen molar-refractivity contribution in [2.75, 3.05) is 18.4 Å². The maximum Gasteiger partial charge on any atom is 0.490 e. The Labute approximate surface area is 250 Å². The summed E-state index contributed by atoms with van der Waals surface area (Å²) in [6, 6.07) is 17.8. The summed E-state index contributed by atoms with van der Waals surface area (Å²) in [5.41, 5.74) is 3.34. The summed E-state index contributed by atoms with van der Waals surface area (Å²) < 4.78 is 69.7. The predicted octanol–water partition coefficient (Wildman–Crippen LogP) is 5.13. The lowest BCUT2D eigenvalue weighted by atomic mass is 10.2. The number of amides is 1. The topological polar surface area (TPSA) is 158 Å². The van der Waals surface area contributed by atoms with Gasteiger partial charge in [-0.2, -0.15) is 31.4 Å². The number of aromatic amines is 1. The average Bonchev–Trinajstić information content (AvgIpc) is 3.62. The van der Waals surface area contributed by atoms with Crippen molar-refractivity contribution in [3.63, 3.8) is 0 Å². The van der Waals surface area contributed by atoms with Crippen molar-refractivity contribution in [2.45, 2.75) is 31.4 Å². The molecule has 0 saturated carbocycles. The fourth-order valence-electron chi connectivity index (χ4n) is 3.93. The van der Waals surface area contributed by atoms with E-state index in [1.165, 1.54) is 5.56 Å². The number of anilines is 1. The van der Waals surface area contributed by atoms with Crippen molar-refractivity contribution in [2.24, 2.45) is 0 Å². The number of rotatable bonds is 6. The van der Waals surface area contributed by atoms with Gasteiger partial charge in [-0.3, -0.25) is 19.8 Å². The van der Waals surface area contributed by atoms with Gasteiger partial charge in [-0.1, -0.05) is 30.3 Å². The number of pyridine rings is 1. The number of H-pyrrole nitrogens is 1. The normalized spacial score (nSPS) is 14.8. The van der Waals surface area contributed by atoms with E-state index in [2.05, 4.69) is 49.7 Å². The number of likely N-dealkylation sites (tertiary alicyclic amines) is 1. The van der Waals surface area contributed by atoms with Crippen molar-refractivity contribution in [3.05, 3.63) is 84.3 Å². The molecule has 3 heterocycles. The van der Waals surface area contributed by atoms with Gasteiger partial charge in [0.15, 0.2) is 0 Å². The number of hydrogen-bond acceptors (Lipinski definition) is 7. The predicted molar refractivity (Wildman–Crippen MR) is 146 cm³/mol. The van der Waals surface area contributed by atoms with Gasteiger partial charge in [-0.05, 0) is 36.2 Å². The molecule has 0 unspecified atom stereocenters. The highest BCUT2D eigenvalue weighted by atomic mass is 19.4. The van der Waals surface area contributed by atoms with Crippen LogP contribution in [0.1, 0.15) is 22.3 Å². The molecule has 1 aliphatic heterocycles. The number of alkyl halides is 6. The number of carbonyl (C=O) groups is 3. The van der Waals surface area contributed by atoms with Gasteiger partial charge in [0.05, 0.1) is 17.3 Å². The quantitative estimate of drug-likeness (QED) is 0.210. The van der Waals surface area contributed by atoms with E-state index in [4.69, 9.17) is 24.5 Å². The van der Waals surface area contributed by atoms with E-state index < -0.39 is 24.3 Å². The lowest BCUT2D eigenvalue weighted by molar-refractivity contribution is -0.193. The Morgan fingerprint density at radius 1 is 0.956 bits per heavy atom. The molecule has 45 heavy (non-hydrogen) atoms. The number of carboxylic acid groups (broad SMARTS) is 2. The maximum atomic E-state index is 12.9. The van der Waals surface area contributed by atoms with Crippen LogP contribution in [0.3, 0.4) is 0 Å². The molecule has 11 nitrogen and oxygen atoms in total. The van der Waals surface area contributed by atoms with E-state index in [0.717, 1.165) is 37.0 Å². The Balaban J connectivity index is 0.000000331. The molecule has 2 aromatic heterocycles. The largest absolute Gasteiger partial charge is 0.490 e. The Bertz CT molecular complexity index is 1570. The molecule has 4 N–H and O–H groups in total. The molecule has 17 heteroatoms. The first-order chi connectivity index (χ1) is 21.1. The lowest BCUT2D eigenvalue weighted by Gasteiger charge is -2.18. The van der Waals surface area contributed by atoms with Crippen molar-refractivity contribution < 1.29 is 55.7 Å². The van der Waals surface area contributed by atoms with Crippen LogP contribution in [-0.4, -0.2) is 79.7 Å². The van der Waals surface area contributed by atoms with Crippen LogP contribution in [0.5, 0.6) is 5.75 Å². The Kier molecular flexibility index (Phi) is 11.4. The van der Waals surface area contributed by atoms with E-state index in [1.54, 1.807) is 24.7 Å². The summed E-state index contributed by atoms with van der Waals surface area (Å²) in [4.78, 5) is 37.2. The number of aliphatic carboxylic acids is 2. The van der Waals surface area contributed by atoms with Crippen molar-refractivity contribution >= 4 is 34.4 Å². The number of nitrogens with zero attached hydrogens (tertiary/aromatic N) is 3. The van der Waals surface area contributed by atoms with Gasteiger partial charge in [-0.25, -0.2) is 9.59 Å². The summed E-state index contributed by atoms with van der Waals surface area (Å²) in [5.74, 6) is -5.20. The first kappa shape index (κ1) is 34.3. The standard InChI is InChI=1S/C24H23N5O2.2C2HF3O2/c30-24(27-19-6-7-22-18(12-19)13-26-28-22)21-14-25-10-8-23(21)31-20-9-11-29(16-20)15-17-4-2-1-3-5-17;2*3-2(4,5)1(6)7/h1-8,10,12-14,20H,9,11,15-16H2,(H,26,28)(H,27,30);2*(H,6,7)/t20-;;/m1../s1. The number of hydrogen-bond donors (Lipinski definition) is 4. The summed E-state index contributed by atoms with van der Waals surface area (Å²) >= 11 is 0. The molecule has 0 aliphatic carbocycles. The van der Waals surface area contributed by atoms with Crippen molar-refractivity contribution in [1.82, 2.24) is 20.1 Å². The molecule has 1 fully saturated rings. The molecule has 1 aliphatic rings. The second kappa shape index (κ2) is 15.0. The van der Waals surface area contributed by atoms with Crippen LogP contribution in [0.15, 0.2) is 73.2 Å². The molecular weight excluding hydrogens is 616 g/mol. The lowest BCUT2D eigenvalue weighted by Crippen LogP contribution is -2.25. The molecule has 240 valence electrons. The van der Waals surface area contributed by atoms with Gasteiger partial charge < -0.3 is 20.3 Å². The number of carbonyl (C=O) groups excluding carboxylic acids is 1. The molecule has 0 radical (unpaired) electrons. The van der Waals surface area contributed by atoms with Gasteiger partial charge in [-0.15, -0.1) is 0 Å². The van der Waals surface area contributed by atoms with Gasteiger partial charge in [0.2, 0.25) is 0 Å². The molecule has 1 amide bonds. The van der Waals surface area contributed by atoms with Crippen molar-refractivity contribution in [3.8, 4) is 5.75 Å². The van der Waals surface area contributed by atoms with Crippen LogP contribution in [0.2, 0.25) is 0 Å². The van der Waals surface area contributed by atoms with Crippen LogP contribution < -0.4 is 10.1 Å². The minimum Gasteiger partial charge on any atom is -0.488 e. The monoisotopic (exact) mass is 641 g/mol. The van der Waals surface area contributed by atoms with Gasteiger partial charge in [0, 0.05) is 43.1 Å². The summed E-state index contributed by atoms with van der Waals surface area (Å²) in [6.07, 6.45) is -4.27. The smallest absolute Gasteiger partial charge is 0.488 e. The van der Waals surface area contributed by atoms with Crippen LogP contribution in [-0.2, 0) is 16.1 Å². The fraction of sp³-hybridized carbons (Fsp3) is 0.250. The maximum absolute atomic E-state index is 12.9. The van der Waals surface area contributed by atoms with Gasteiger partial charge in [0.25, 0.3) is 5.91 Å². The Morgan fingerprint density at radius 2 is 1.60 bits per heavy atom.